The first-order chi connectivity index (χ1) is 9.10. The summed E-state index contributed by atoms with van der Waals surface area (Å²) in [4.78, 5) is 26.4. The highest BCUT2D eigenvalue weighted by Gasteiger charge is 2.15. The summed E-state index contributed by atoms with van der Waals surface area (Å²) in [6.07, 6.45) is 0. The van der Waals surface area contributed by atoms with Crippen LogP contribution in [0.2, 0.25) is 0 Å². The van der Waals surface area contributed by atoms with Crippen molar-refractivity contribution in [3.8, 4) is 12.1 Å². The number of carbonyl (C=O) groups is 2. The van der Waals surface area contributed by atoms with Crippen LogP contribution in [0.4, 0.5) is 0 Å². The molecule has 0 unspecified atom stereocenters. The van der Waals surface area contributed by atoms with Gasteiger partial charge in [-0.25, -0.2) is 14.5 Å². The Hall–Kier alpha value is -2.94. The number of nitriles is 2. The van der Waals surface area contributed by atoms with E-state index in [0.29, 0.717) is 0 Å². The molecule has 0 heterocycles. The highest BCUT2D eigenvalue weighted by molar-refractivity contribution is 6.43. The van der Waals surface area contributed by atoms with Gasteiger partial charge >= 0.3 is 11.9 Å². The lowest BCUT2D eigenvalue weighted by Gasteiger charge is -1.98. The Morgan fingerprint density at radius 3 is 1.58 bits per heavy atom. The molecule has 0 aromatic heterocycles. The Kier molecular flexibility index (Phi) is 7.72. The van der Waals surface area contributed by atoms with Crippen LogP contribution in [0.5, 0.6) is 0 Å². The molecule has 0 aliphatic carbocycles. The van der Waals surface area contributed by atoms with Gasteiger partial charge in [0.05, 0.1) is 13.2 Å². The fourth-order valence-corrected chi connectivity index (χ4v) is 0.708. The van der Waals surface area contributed by atoms with Crippen molar-refractivity contribution < 1.29 is 24.0 Å². The molecule has 0 aliphatic heterocycles. The van der Waals surface area contributed by atoms with Crippen molar-refractivity contribution in [1.29, 1.82) is 10.5 Å². The van der Waals surface area contributed by atoms with Gasteiger partial charge < -0.3 is 9.47 Å². The molecule has 0 rings (SSSR count). The molecule has 9 nitrogen and oxygen atoms in total. The monoisotopic (exact) mass is 266 g/mol. The Bertz CT molecular complexity index is 439. The predicted octanol–water partition coefficient (Wildman–Crippen LogP) is -0.112. The highest BCUT2D eigenvalue weighted by Crippen LogP contribution is 1.90. The molecule has 0 saturated carbocycles. The van der Waals surface area contributed by atoms with Gasteiger partial charge in [0.15, 0.2) is 0 Å². The standard InChI is InChI=1S/C10H10N4O5/c1-3-17-9(15)7(5-11)13-19-14-8(6-12)10(16)18-4-2/h3-4H2,1-2H3. The number of esters is 2. The van der Waals surface area contributed by atoms with Gasteiger partial charge in [-0.2, -0.15) is 10.5 Å². The molecule has 0 N–H and O–H groups in total. The maximum atomic E-state index is 11.1. The van der Waals surface area contributed by atoms with Gasteiger partial charge in [0.25, 0.3) is 11.4 Å². The lowest BCUT2D eigenvalue weighted by molar-refractivity contribution is -0.135. The summed E-state index contributed by atoms with van der Waals surface area (Å²) in [5.41, 5.74) is -1.40. The van der Waals surface area contributed by atoms with Gasteiger partial charge in [0.1, 0.15) is 12.1 Å². The number of ether oxygens (including phenoxy) is 2. The zero-order chi connectivity index (χ0) is 14.7. The molecule has 0 radical (unpaired) electrons. The molecule has 0 aromatic rings. The Balaban J connectivity index is 4.77. The van der Waals surface area contributed by atoms with Crippen LogP contribution in [0, 0.1) is 22.7 Å². The third-order valence-electron chi connectivity index (χ3n) is 1.41. The smallest absolute Gasteiger partial charge is 0.371 e. The summed E-state index contributed by atoms with van der Waals surface area (Å²) in [7, 11) is 0. The van der Waals surface area contributed by atoms with E-state index in [0.717, 1.165) is 0 Å². The fraction of sp³-hybridized carbons (Fsp3) is 0.400. The second-order valence-corrected chi connectivity index (χ2v) is 2.63. The summed E-state index contributed by atoms with van der Waals surface area (Å²) < 4.78 is 8.97. The van der Waals surface area contributed by atoms with Crippen LogP contribution in [0.25, 0.3) is 0 Å². The third kappa shape index (κ3) is 5.79. The summed E-state index contributed by atoms with van der Waals surface area (Å²) >= 11 is 0. The molecule has 0 fully saturated rings. The van der Waals surface area contributed by atoms with Gasteiger partial charge in [-0.05, 0) is 24.2 Å². The van der Waals surface area contributed by atoms with E-state index in [1.54, 1.807) is 13.8 Å². The molecule has 0 spiro atoms. The summed E-state index contributed by atoms with van der Waals surface area (Å²) in [6.45, 7) is 3.19. The van der Waals surface area contributed by atoms with Gasteiger partial charge in [0.2, 0.25) is 0 Å². The third-order valence-corrected chi connectivity index (χ3v) is 1.41. The number of carbonyl (C=O) groups excluding carboxylic acids is 2. The Morgan fingerprint density at radius 1 is 0.947 bits per heavy atom. The SMILES string of the molecule is CCOC(=O)C(C#N)=NON=C(C#N)C(=O)OCC. The molecule has 0 saturated heterocycles. The van der Waals surface area contributed by atoms with Crippen LogP contribution in [0.1, 0.15) is 13.8 Å². The first-order valence-electron chi connectivity index (χ1n) is 5.07. The van der Waals surface area contributed by atoms with Crippen molar-refractivity contribution in [2.45, 2.75) is 13.8 Å². The van der Waals surface area contributed by atoms with E-state index in [9.17, 15) is 9.59 Å². The average Bonchev–Trinajstić information content (AvgIpc) is 2.39. The maximum Gasteiger partial charge on any atom is 0.371 e. The molecule has 0 aromatic carbocycles. The fourth-order valence-electron chi connectivity index (χ4n) is 0.708. The second kappa shape index (κ2) is 9.13. The van der Waals surface area contributed by atoms with Gasteiger partial charge in [-0.3, -0.25) is 0 Å². The lowest BCUT2D eigenvalue weighted by atomic mass is 10.4. The van der Waals surface area contributed by atoms with Crippen molar-refractivity contribution in [2.75, 3.05) is 13.2 Å². The van der Waals surface area contributed by atoms with E-state index in [2.05, 4.69) is 24.7 Å². The van der Waals surface area contributed by atoms with E-state index < -0.39 is 23.4 Å². The average molecular weight is 266 g/mol. The number of rotatable bonds is 6. The van der Waals surface area contributed by atoms with Crippen LogP contribution in [-0.2, 0) is 24.0 Å². The highest BCUT2D eigenvalue weighted by atomic mass is 16.8. The Labute approximate surface area is 108 Å². The van der Waals surface area contributed by atoms with Crippen LogP contribution in [0.3, 0.4) is 0 Å². The molecular formula is C10H10N4O5. The lowest BCUT2D eigenvalue weighted by Crippen LogP contribution is -2.17. The van der Waals surface area contributed by atoms with Crippen molar-refractivity contribution in [3.63, 3.8) is 0 Å². The Morgan fingerprint density at radius 2 is 1.32 bits per heavy atom. The van der Waals surface area contributed by atoms with E-state index in [1.807, 2.05) is 0 Å². The number of nitrogens with zero attached hydrogens (tertiary/aromatic N) is 4. The maximum absolute atomic E-state index is 11.1. The van der Waals surface area contributed by atoms with Crippen molar-refractivity contribution in [3.05, 3.63) is 0 Å². The van der Waals surface area contributed by atoms with Gasteiger partial charge in [-0.15, -0.1) is 0 Å². The van der Waals surface area contributed by atoms with E-state index in [4.69, 9.17) is 10.5 Å². The topological polar surface area (TPSA) is 134 Å². The molecule has 0 aliphatic rings. The molecule has 19 heavy (non-hydrogen) atoms. The molecule has 9 heteroatoms. The first-order valence-corrected chi connectivity index (χ1v) is 5.07. The summed E-state index contributed by atoms with van der Waals surface area (Å²) in [5.74, 6) is -2.01. The van der Waals surface area contributed by atoms with Crippen molar-refractivity contribution in [2.24, 2.45) is 10.3 Å². The van der Waals surface area contributed by atoms with Crippen LogP contribution in [0.15, 0.2) is 10.3 Å². The molecule has 0 atom stereocenters. The van der Waals surface area contributed by atoms with Crippen molar-refractivity contribution in [1.82, 2.24) is 0 Å². The van der Waals surface area contributed by atoms with E-state index >= 15 is 0 Å². The van der Waals surface area contributed by atoms with Crippen LogP contribution < -0.4 is 0 Å². The van der Waals surface area contributed by atoms with Gasteiger partial charge in [-0.1, -0.05) is 0 Å². The minimum Gasteiger partial charge on any atom is -0.461 e. The molecule has 100 valence electrons. The van der Waals surface area contributed by atoms with Gasteiger partial charge in [0, 0.05) is 0 Å². The largest absolute Gasteiger partial charge is 0.461 e. The van der Waals surface area contributed by atoms with Crippen LogP contribution >= 0.6 is 0 Å². The quantitative estimate of drug-likeness (QED) is 0.371. The predicted molar refractivity (Wildman–Crippen MR) is 60.4 cm³/mol. The summed E-state index contributed by atoms with van der Waals surface area (Å²) in [6, 6.07) is 2.83. The second-order valence-electron chi connectivity index (χ2n) is 2.63. The van der Waals surface area contributed by atoms with E-state index in [1.165, 1.54) is 12.1 Å². The molecular weight excluding hydrogens is 256 g/mol. The first kappa shape index (κ1) is 16.1. The van der Waals surface area contributed by atoms with E-state index in [-0.39, 0.29) is 13.2 Å². The number of oxime groups is 2. The molecule has 0 bridgehead atoms. The molecule has 0 amide bonds. The minimum atomic E-state index is -1.00. The zero-order valence-corrected chi connectivity index (χ0v) is 10.2. The number of hydrogen-bond donors (Lipinski definition) is 0. The summed E-state index contributed by atoms with van der Waals surface area (Å²) in [5, 5.41) is 23.2. The zero-order valence-electron chi connectivity index (χ0n) is 10.2. The minimum absolute atomic E-state index is 0.0507. The normalized spacial score (nSPS) is 10.9. The van der Waals surface area contributed by atoms with Crippen LogP contribution in [-0.4, -0.2) is 36.6 Å². The van der Waals surface area contributed by atoms with Crippen molar-refractivity contribution >= 4 is 23.4 Å². The number of hydrogen-bond acceptors (Lipinski definition) is 9.